The molecule has 0 saturated carbocycles. The van der Waals surface area contributed by atoms with E-state index in [0.29, 0.717) is 43.2 Å². The first-order valence-corrected chi connectivity index (χ1v) is 9.03. The van der Waals surface area contributed by atoms with E-state index in [9.17, 15) is 14.4 Å². The molecule has 0 aromatic heterocycles. The maximum absolute atomic E-state index is 12.4. The van der Waals surface area contributed by atoms with E-state index in [2.05, 4.69) is 5.32 Å². The average Bonchev–Trinajstić information content (AvgIpc) is 2.60. The van der Waals surface area contributed by atoms with Gasteiger partial charge >= 0.3 is 6.09 Å². The van der Waals surface area contributed by atoms with Crippen molar-refractivity contribution in [1.82, 2.24) is 10.2 Å². The first kappa shape index (κ1) is 20.0. The molecule has 0 bridgehead atoms. The van der Waals surface area contributed by atoms with E-state index >= 15 is 0 Å². The van der Waals surface area contributed by atoms with Crippen LogP contribution in [-0.2, 0) is 14.3 Å². The molecule has 0 atom stereocenters. The molecular formula is C18H24ClN3O4. The van der Waals surface area contributed by atoms with Crippen molar-refractivity contribution in [3.63, 3.8) is 0 Å². The second-order valence-electron chi connectivity index (χ2n) is 6.11. The minimum atomic E-state index is -0.319. The van der Waals surface area contributed by atoms with Crippen molar-refractivity contribution in [3.8, 4) is 0 Å². The Balaban J connectivity index is 1.87. The molecule has 0 unspecified atom stereocenters. The highest BCUT2D eigenvalue weighted by atomic mass is 35.5. The van der Waals surface area contributed by atoms with E-state index in [1.165, 1.54) is 11.8 Å². The zero-order chi connectivity index (χ0) is 19.1. The molecular weight excluding hydrogens is 358 g/mol. The minimum Gasteiger partial charge on any atom is -0.450 e. The smallest absolute Gasteiger partial charge is 0.409 e. The van der Waals surface area contributed by atoms with Crippen LogP contribution in [0, 0.1) is 0 Å². The lowest BCUT2D eigenvalue weighted by atomic mass is 10.1. The Bertz CT molecular complexity index is 660. The summed E-state index contributed by atoms with van der Waals surface area (Å²) in [5, 5.41) is 3.44. The van der Waals surface area contributed by atoms with Crippen molar-refractivity contribution in [1.29, 1.82) is 0 Å². The highest BCUT2D eigenvalue weighted by Crippen LogP contribution is 2.19. The molecule has 0 aliphatic carbocycles. The van der Waals surface area contributed by atoms with Crippen molar-refractivity contribution < 1.29 is 19.1 Å². The molecule has 8 heteroatoms. The number of piperidine rings is 1. The molecule has 142 valence electrons. The van der Waals surface area contributed by atoms with Gasteiger partial charge in [0.15, 0.2) is 0 Å². The van der Waals surface area contributed by atoms with E-state index in [-0.39, 0.29) is 30.5 Å². The van der Waals surface area contributed by atoms with Crippen LogP contribution in [0.4, 0.5) is 10.5 Å². The van der Waals surface area contributed by atoms with Gasteiger partial charge in [-0.2, -0.15) is 0 Å². The number of likely N-dealkylation sites (tertiary alicyclic amines) is 1. The van der Waals surface area contributed by atoms with Gasteiger partial charge in [0.2, 0.25) is 11.8 Å². The number of nitrogens with zero attached hydrogens (tertiary/aromatic N) is 2. The molecule has 0 spiro atoms. The second-order valence-corrected chi connectivity index (χ2v) is 6.55. The highest BCUT2D eigenvalue weighted by molar-refractivity contribution is 6.30. The van der Waals surface area contributed by atoms with Crippen LogP contribution < -0.4 is 10.2 Å². The molecule has 1 aromatic carbocycles. The summed E-state index contributed by atoms with van der Waals surface area (Å²) in [6, 6.07) is 6.80. The first-order chi connectivity index (χ1) is 12.4. The van der Waals surface area contributed by atoms with Gasteiger partial charge in [0.1, 0.15) is 6.54 Å². The normalized spacial score (nSPS) is 14.7. The standard InChI is InChI=1S/C18H24ClN3O4/c1-3-26-18(25)21-9-7-15(8-10-21)20-17(24)12-22(13(2)23)16-6-4-5-14(19)11-16/h4-6,11,15H,3,7-10,12H2,1-2H3,(H,20,24). The number of rotatable bonds is 5. The fourth-order valence-electron chi connectivity index (χ4n) is 2.87. The average molecular weight is 382 g/mol. The van der Waals surface area contributed by atoms with E-state index in [1.54, 1.807) is 36.1 Å². The van der Waals surface area contributed by atoms with E-state index in [0.717, 1.165) is 0 Å². The lowest BCUT2D eigenvalue weighted by Crippen LogP contribution is -2.49. The number of ether oxygens (including phenoxy) is 1. The molecule has 3 amide bonds. The number of amides is 3. The summed E-state index contributed by atoms with van der Waals surface area (Å²) in [6.07, 6.45) is 0.991. The quantitative estimate of drug-likeness (QED) is 0.849. The van der Waals surface area contributed by atoms with Crippen LogP contribution in [0.2, 0.25) is 5.02 Å². The Hall–Kier alpha value is -2.28. The third kappa shape index (κ3) is 5.62. The van der Waals surface area contributed by atoms with Crippen LogP contribution in [0.25, 0.3) is 0 Å². The van der Waals surface area contributed by atoms with Gasteiger partial charge in [0.25, 0.3) is 0 Å². The number of benzene rings is 1. The van der Waals surface area contributed by atoms with Crippen molar-refractivity contribution >= 4 is 35.2 Å². The van der Waals surface area contributed by atoms with E-state index in [1.807, 2.05) is 0 Å². The van der Waals surface area contributed by atoms with Crippen molar-refractivity contribution in [2.24, 2.45) is 0 Å². The van der Waals surface area contributed by atoms with E-state index in [4.69, 9.17) is 16.3 Å². The molecule has 1 heterocycles. The fraction of sp³-hybridized carbons (Fsp3) is 0.500. The predicted molar refractivity (Wildman–Crippen MR) is 99.2 cm³/mol. The maximum Gasteiger partial charge on any atom is 0.409 e. The molecule has 1 N–H and O–H groups in total. The summed E-state index contributed by atoms with van der Waals surface area (Å²) in [5.41, 5.74) is 0.581. The van der Waals surface area contributed by atoms with Gasteiger partial charge in [-0.1, -0.05) is 17.7 Å². The SMILES string of the molecule is CCOC(=O)N1CCC(NC(=O)CN(C(C)=O)c2cccc(Cl)c2)CC1. The summed E-state index contributed by atoms with van der Waals surface area (Å²) < 4.78 is 4.98. The van der Waals surface area contributed by atoms with Crippen LogP contribution in [0.3, 0.4) is 0 Å². The van der Waals surface area contributed by atoms with Gasteiger partial charge in [-0.25, -0.2) is 4.79 Å². The number of carbonyl (C=O) groups is 3. The Morgan fingerprint density at radius 1 is 1.31 bits per heavy atom. The van der Waals surface area contributed by atoms with Gasteiger partial charge in [0, 0.05) is 36.8 Å². The third-order valence-corrected chi connectivity index (χ3v) is 4.42. The second kappa shape index (κ2) is 9.43. The fourth-order valence-corrected chi connectivity index (χ4v) is 3.05. The number of carbonyl (C=O) groups excluding carboxylic acids is 3. The maximum atomic E-state index is 12.4. The zero-order valence-electron chi connectivity index (χ0n) is 15.0. The molecule has 0 radical (unpaired) electrons. The Labute approximate surface area is 158 Å². The minimum absolute atomic E-state index is 0.0265. The third-order valence-electron chi connectivity index (χ3n) is 4.19. The Morgan fingerprint density at radius 3 is 2.58 bits per heavy atom. The van der Waals surface area contributed by atoms with Crippen molar-refractivity contribution in [2.75, 3.05) is 31.1 Å². The van der Waals surface area contributed by atoms with Gasteiger partial charge in [-0.05, 0) is 38.0 Å². The monoisotopic (exact) mass is 381 g/mol. The topological polar surface area (TPSA) is 79.0 Å². The molecule has 1 saturated heterocycles. The number of nitrogens with one attached hydrogen (secondary N) is 1. The Morgan fingerprint density at radius 2 is 2.00 bits per heavy atom. The van der Waals surface area contributed by atoms with E-state index < -0.39 is 0 Å². The first-order valence-electron chi connectivity index (χ1n) is 8.65. The summed E-state index contributed by atoms with van der Waals surface area (Å²) in [7, 11) is 0. The molecule has 1 aromatic rings. The molecule has 1 aliphatic rings. The Kier molecular flexibility index (Phi) is 7.26. The zero-order valence-corrected chi connectivity index (χ0v) is 15.8. The van der Waals surface area contributed by atoms with Crippen LogP contribution >= 0.6 is 11.6 Å². The lowest BCUT2D eigenvalue weighted by molar-refractivity contribution is -0.123. The van der Waals surface area contributed by atoms with Crippen LogP contribution in [0.1, 0.15) is 26.7 Å². The summed E-state index contributed by atoms with van der Waals surface area (Å²) in [5.74, 6) is -0.477. The summed E-state index contributed by atoms with van der Waals surface area (Å²) in [6.45, 7) is 4.52. The number of halogens is 1. The van der Waals surface area contributed by atoms with Crippen molar-refractivity contribution in [3.05, 3.63) is 29.3 Å². The van der Waals surface area contributed by atoms with Gasteiger partial charge in [-0.15, -0.1) is 0 Å². The molecule has 1 aliphatic heterocycles. The summed E-state index contributed by atoms with van der Waals surface area (Å²) in [4.78, 5) is 39.0. The largest absolute Gasteiger partial charge is 0.450 e. The van der Waals surface area contributed by atoms with Crippen LogP contribution in [0.5, 0.6) is 0 Å². The van der Waals surface area contributed by atoms with Crippen molar-refractivity contribution in [2.45, 2.75) is 32.7 Å². The van der Waals surface area contributed by atoms with Gasteiger partial charge in [0.05, 0.1) is 6.61 Å². The van der Waals surface area contributed by atoms with Gasteiger partial charge < -0.3 is 19.9 Å². The highest BCUT2D eigenvalue weighted by Gasteiger charge is 2.25. The predicted octanol–water partition coefficient (Wildman–Crippen LogP) is 2.43. The summed E-state index contributed by atoms with van der Waals surface area (Å²) >= 11 is 5.97. The van der Waals surface area contributed by atoms with Gasteiger partial charge in [-0.3, -0.25) is 9.59 Å². The number of anilines is 1. The van der Waals surface area contributed by atoms with Crippen LogP contribution in [0.15, 0.2) is 24.3 Å². The number of hydrogen-bond acceptors (Lipinski definition) is 4. The lowest BCUT2D eigenvalue weighted by Gasteiger charge is -2.32. The molecule has 1 fully saturated rings. The number of hydrogen-bond donors (Lipinski definition) is 1. The molecule has 26 heavy (non-hydrogen) atoms. The molecule has 7 nitrogen and oxygen atoms in total. The van der Waals surface area contributed by atoms with Crippen LogP contribution in [-0.4, -0.2) is 55.1 Å². The molecule has 2 rings (SSSR count).